The van der Waals surface area contributed by atoms with E-state index in [1.54, 1.807) is 12.1 Å². The van der Waals surface area contributed by atoms with Gasteiger partial charge in [0.2, 0.25) is 11.4 Å². The van der Waals surface area contributed by atoms with Gasteiger partial charge in [-0.1, -0.05) is 29.5 Å². The Hall–Kier alpha value is -3.01. The molecule has 34 heavy (non-hydrogen) atoms. The van der Waals surface area contributed by atoms with Crippen LogP contribution < -0.4 is 15.6 Å². The summed E-state index contributed by atoms with van der Waals surface area (Å²) in [7, 11) is -4.56. The number of nitrogens with zero attached hydrogens (tertiary/aromatic N) is 1. The fraction of sp³-hybridized carbons (Fsp3) is 0.217. The molecule has 1 saturated carbocycles. The number of carbonyl (C=O) groups is 1. The number of ether oxygens (including phenoxy) is 1. The van der Waals surface area contributed by atoms with E-state index in [2.05, 4.69) is 10.3 Å². The van der Waals surface area contributed by atoms with Crippen molar-refractivity contribution in [1.82, 2.24) is 4.98 Å². The molecule has 0 bridgehead atoms. The van der Waals surface area contributed by atoms with Gasteiger partial charge in [0, 0.05) is 11.5 Å². The maximum absolute atomic E-state index is 12.2. The van der Waals surface area contributed by atoms with E-state index >= 15 is 0 Å². The molecule has 2 aromatic carbocycles. The summed E-state index contributed by atoms with van der Waals surface area (Å²) in [6.07, 6.45) is 1.82. The van der Waals surface area contributed by atoms with Crippen LogP contribution in [-0.2, 0) is 9.36 Å². The van der Waals surface area contributed by atoms with E-state index in [0.717, 1.165) is 34.2 Å². The van der Waals surface area contributed by atoms with Crippen LogP contribution in [0.4, 0.5) is 5.13 Å². The minimum atomic E-state index is -4.56. The Balaban J connectivity index is 1.56. The van der Waals surface area contributed by atoms with Gasteiger partial charge in [-0.2, -0.15) is 0 Å². The molecular formula is C23H21N2O7PS. The smallest absolute Gasteiger partial charge is 0.391 e. The van der Waals surface area contributed by atoms with E-state index in [4.69, 9.17) is 14.3 Å². The zero-order valence-electron chi connectivity index (χ0n) is 17.8. The highest BCUT2D eigenvalue weighted by molar-refractivity contribution is 7.59. The second-order valence-electron chi connectivity index (χ2n) is 7.90. The van der Waals surface area contributed by atoms with Crippen molar-refractivity contribution < 1.29 is 33.4 Å². The summed E-state index contributed by atoms with van der Waals surface area (Å²) in [5.41, 5.74) is 2.46. The number of furan rings is 1. The molecule has 1 fully saturated rings. The summed E-state index contributed by atoms with van der Waals surface area (Å²) in [5.74, 6) is 0.694. The van der Waals surface area contributed by atoms with Gasteiger partial charge in [-0.3, -0.25) is 9.36 Å². The monoisotopic (exact) mass is 500 g/mol. The Kier molecular flexibility index (Phi) is 6.01. The van der Waals surface area contributed by atoms with E-state index < -0.39 is 13.1 Å². The van der Waals surface area contributed by atoms with Crippen LogP contribution in [0, 0.1) is 5.92 Å². The third kappa shape index (κ3) is 4.64. The molecule has 9 nitrogen and oxygen atoms in total. The minimum absolute atomic E-state index is 0.00745. The first-order valence-corrected chi connectivity index (χ1v) is 13.0. The van der Waals surface area contributed by atoms with Crippen LogP contribution in [0.2, 0.25) is 0 Å². The van der Waals surface area contributed by atoms with Crippen LogP contribution in [-0.4, -0.2) is 39.0 Å². The predicted molar refractivity (Wildman–Crippen MR) is 128 cm³/mol. The Labute approximate surface area is 198 Å². The summed E-state index contributed by atoms with van der Waals surface area (Å²) in [6, 6.07) is 13.7. The van der Waals surface area contributed by atoms with Gasteiger partial charge in [0.1, 0.15) is 18.1 Å². The van der Waals surface area contributed by atoms with Crippen LogP contribution in [0.1, 0.15) is 12.8 Å². The third-order valence-corrected chi connectivity index (χ3v) is 7.21. The van der Waals surface area contributed by atoms with Gasteiger partial charge in [-0.25, -0.2) is 4.98 Å². The number of aromatic nitrogens is 1. The summed E-state index contributed by atoms with van der Waals surface area (Å²) < 4.78 is 23.6. The Morgan fingerprint density at radius 2 is 2.00 bits per heavy atom. The normalized spacial score (nSPS) is 13.9. The van der Waals surface area contributed by atoms with Gasteiger partial charge in [-0.05, 0) is 48.7 Å². The lowest BCUT2D eigenvalue weighted by molar-refractivity contribution is -0.117. The second kappa shape index (κ2) is 8.98. The number of benzene rings is 2. The largest absolute Gasteiger partial charge is 0.490 e. The highest BCUT2D eigenvalue weighted by Crippen LogP contribution is 2.41. The number of nitrogens with one attached hydrogen (secondary N) is 1. The topological polar surface area (TPSA) is 142 Å². The average molecular weight is 500 g/mol. The fourth-order valence-corrected chi connectivity index (χ4v) is 5.07. The first kappa shape index (κ1) is 22.8. The second-order valence-corrected chi connectivity index (χ2v) is 10.4. The molecule has 176 valence electrons. The number of hydrogen-bond acceptors (Lipinski definition) is 7. The molecule has 2 heterocycles. The summed E-state index contributed by atoms with van der Waals surface area (Å²) in [6.45, 7) is -0.143. The number of aliphatic hydroxyl groups excluding tert-OH is 1. The SMILES string of the molecule is O=C(Nc1nc2cccc(-c3ccc(OCCO)c(-c4ccc(P(=O)(O)O)o4)c3)c2s1)C1CC1. The lowest BCUT2D eigenvalue weighted by atomic mass is 10.0. The fourth-order valence-electron chi connectivity index (χ4n) is 3.58. The number of hydrogen-bond donors (Lipinski definition) is 4. The van der Waals surface area contributed by atoms with Crippen molar-refractivity contribution in [2.45, 2.75) is 12.8 Å². The average Bonchev–Trinajstić information content (AvgIpc) is 3.38. The van der Waals surface area contributed by atoms with Crippen molar-refractivity contribution in [2.75, 3.05) is 18.5 Å². The Bertz CT molecular complexity index is 1420. The Morgan fingerprint density at radius 1 is 1.18 bits per heavy atom. The van der Waals surface area contributed by atoms with Crippen LogP contribution in [0.3, 0.4) is 0 Å². The Morgan fingerprint density at radius 3 is 2.71 bits per heavy atom. The van der Waals surface area contributed by atoms with E-state index in [1.165, 1.54) is 23.5 Å². The maximum atomic E-state index is 12.2. The van der Waals surface area contributed by atoms with Crippen molar-refractivity contribution in [3.8, 4) is 28.2 Å². The molecule has 11 heteroatoms. The van der Waals surface area contributed by atoms with Crippen LogP contribution in [0.5, 0.6) is 5.75 Å². The number of anilines is 1. The van der Waals surface area contributed by atoms with Crippen molar-refractivity contribution in [3.63, 3.8) is 0 Å². The van der Waals surface area contributed by atoms with Crippen molar-refractivity contribution >= 4 is 45.7 Å². The predicted octanol–water partition coefficient (Wildman–Crippen LogP) is 3.75. The van der Waals surface area contributed by atoms with Crippen LogP contribution in [0.15, 0.2) is 52.9 Å². The molecule has 2 aromatic heterocycles. The maximum Gasteiger partial charge on any atom is 0.391 e. The van der Waals surface area contributed by atoms with Gasteiger partial charge >= 0.3 is 7.60 Å². The van der Waals surface area contributed by atoms with E-state index in [1.807, 2.05) is 24.3 Å². The number of rotatable bonds is 8. The van der Waals surface area contributed by atoms with Crippen LogP contribution in [0.25, 0.3) is 32.7 Å². The molecule has 1 aliphatic carbocycles. The molecule has 1 amide bonds. The van der Waals surface area contributed by atoms with Crippen molar-refractivity contribution in [3.05, 3.63) is 48.5 Å². The third-order valence-electron chi connectivity index (χ3n) is 5.38. The molecule has 0 unspecified atom stereocenters. The molecule has 4 N–H and O–H groups in total. The number of fused-ring (bicyclic) bond motifs is 1. The zero-order chi connectivity index (χ0) is 23.9. The molecular weight excluding hydrogens is 479 g/mol. The molecule has 0 aliphatic heterocycles. The first-order chi connectivity index (χ1) is 16.3. The molecule has 0 spiro atoms. The molecule has 5 rings (SSSR count). The lowest BCUT2D eigenvalue weighted by Gasteiger charge is -2.12. The summed E-state index contributed by atoms with van der Waals surface area (Å²) in [5, 5.41) is 12.6. The number of carbonyl (C=O) groups excluding carboxylic acids is 1. The van der Waals surface area contributed by atoms with Gasteiger partial charge in [-0.15, -0.1) is 0 Å². The van der Waals surface area contributed by atoms with Crippen molar-refractivity contribution in [2.24, 2.45) is 5.92 Å². The number of aliphatic hydroxyl groups is 1. The highest BCUT2D eigenvalue weighted by Gasteiger charge is 2.30. The van der Waals surface area contributed by atoms with Gasteiger partial charge < -0.3 is 29.4 Å². The van der Waals surface area contributed by atoms with Gasteiger partial charge in [0.15, 0.2) is 5.13 Å². The lowest BCUT2D eigenvalue weighted by Crippen LogP contribution is -2.12. The molecule has 0 saturated heterocycles. The summed E-state index contributed by atoms with van der Waals surface area (Å²) in [4.78, 5) is 35.6. The number of thiazole rings is 1. The van der Waals surface area contributed by atoms with E-state index in [-0.39, 0.29) is 30.8 Å². The zero-order valence-corrected chi connectivity index (χ0v) is 19.5. The first-order valence-electron chi connectivity index (χ1n) is 10.6. The summed E-state index contributed by atoms with van der Waals surface area (Å²) >= 11 is 1.39. The molecule has 1 aliphatic rings. The minimum Gasteiger partial charge on any atom is -0.490 e. The standard InChI is InChI=1S/C23H21N2O7PS/c26-10-11-31-18-7-6-14(12-16(18)19-8-9-20(32-19)33(28,29)30)15-2-1-3-17-21(15)34-23(24-17)25-22(27)13-4-5-13/h1-3,6-9,12-13,26H,4-5,10-11H2,(H,24,25,27)(H2,28,29,30). The quantitative estimate of drug-likeness (QED) is 0.268. The number of amides is 1. The molecule has 0 radical (unpaired) electrons. The molecule has 0 atom stereocenters. The molecule has 4 aromatic rings. The van der Waals surface area contributed by atoms with Crippen LogP contribution >= 0.6 is 18.9 Å². The van der Waals surface area contributed by atoms with Gasteiger partial charge in [0.05, 0.1) is 22.4 Å². The highest BCUT2D eigenvalue weighted by atomic mass is 32.1. The van der Waals surface area contributed by atoms with E-state index in [0.29, 0.717) is 16.4 Å². The van der Waals surface area contributed by atoms with E-state index in [9.17, 15) is 19.1 Å². The van der Waals surface area contributed by atoms with Crippen molar-refractivity contribution in [1.29, 1.82) is 0 Å². The van der Waals surface area contributed by atoms with Gasteiger partial charge in [0.25, 0.3) is 0 Å².